The van der Waals surface area contributed by atoms with Gasteiger partial charge in [-0.25, -0.2) is 0 Å². The summed E-state index contributed by atoms with van der Waals surface area (Å²) in [6.07, 6.45) is 0. The Morgan fingerprint density at radius 1 is 1.43 bits per heavy atom. The van der Waals surface area contributed by atoms with Crippen LogP contribution in [0.5, 0.6) is 0 Å². The molecule has 0 aromatic carbocycles. The Bertz CT molecular complexity index is 93.3. The molecule has 3 nitrogen and oxygen atoms in total. The SMILES string of the molecule is O=S(O)(O)=S.[NaH].[S]. The molecular formula is H3NaO3S3. The molecule has 0 heterocycles. The summed E-state index contributed by atoms with van der Waals surface area (Å²) in [6.45, 7) is 0. The summed E-state index contributed by atoms with van der Waals surface area (Å²) in [7, 11) is -3.83. The van der Waals surface area contributed by atoms with Crippen molar-refractivity contribution in [3.63, 3.8) is 0 Å². The van der Waals surface area contributed by atoms with Gasteiger partial charge in [-0.05, 0) is 0 Å². The number of rotatable bonds is 0. The van der Waals surface area contributed by atoms with Crippen molar-refractivity contribution in [1.82, 2.24) is 0 Å². The van der Waals surface area contributed by atoms with E-state index in [1.54, 1.807) is 0 Å². The Morgan fingerprint density at radius 3 is 1.43 bits per heavy atom. The summed E-state index contributed by atoms with van der Waals surface area (Å²) in [5, 5.41) is 0. The molecule has 0 aliphatic rings. The van der Waals surface area contributed by atoms with Crippen molar-refractivity contribution in [3.05, 3.63) is 0 Å². The van der Waals surface area contributed by atoms with Gasteiger partial charge in [0.2, 0.25) is 0 Å². The van der Waals surface area contributed by atoms with Gasteiger partial charge in [0.15, 0.2) is 0 Å². The zero-order valence-electron chi connectivity index (χ0n) is 2.53. The van der Waals surface area contributed by atoms with Crippen molar-refractivity contribution >= 4 is 63.3 Å². The average molecular weight is 170 g/mol. The van der Waals surface area contributed by atoms with Crippen molar-refractivity contribution in [1.29, 1.82) is 0 Å². The predicted octanol–water partition coefficient (Wildman–Crippen LogP) is -0.322. The topological polar surface area (TPSA) is 57.5 Å². The standard InChI is InChI=1S/Na.H2O3S2.S.H/c;1-5(2,3)4;;/h;(H2,1,2,3,4);;. The van der Waals surface area contributed by atoms with Gasteiger partial charge < -0.3 is 0 Å². The largest absolute Gasteiger partial charge is 0 e. The minimum absolute atomic E-state index is 0. The minimum Gasteiger partial charge on any atom is 0 e. The number of hydrogen-bond acceptors (Lipinski definition) is 2. The Balaban J connectivity index is -0.0000000800. The fraction of sp³-hybridized carbons (Fsp3) is 0. The predicted molar refractivity (Wildman–Crippen MR) is 35.5 cm³/mol. The molecular weight excluding hydrogens is 167 g/mol. The van der Waals surface area contributed by atoms with Crippen LogP contribution in [0.15, 0.2) is 0 Å². The molecule has 0 atom stereocenters. The summed E-state index contributed by atoms with van der Waals surface area (Å²) in [5.74, 6) is 0. The Labute approximate surface area is 75.9 Å². The molecule has 2 radical (unpaired) electrons. The quantitative estimate of drug-likeness (QED) is 0.489. The third-order valence-electron chi connectivity index (χ3n) is 0. The van der Waals surface area contributed by atoms with Crippen LogP contribution >= 0.6 is 13.5 Å². The molecule has 0 bridgehead atoms. The maximum atomic E-state index is 9.11. The van der Waals surface area contributed by atoms with E-state index in [0.29, 0.717) is 0 Å². The van der Waals surface area contributed by atoms with Gasteiger partial charge in [-0.2, -0.15) is 4.21 Å². The molecule has 0 saturated heterocycles. The second-order valence-corrected chi connectivity index (χ2v) is 2.65. The van der Waals surface area contributed by atoms with Crippen LogP contribution in [0.25, 0.3) is 0 Å². The molecule has 7 heteroatoms. The molecule has 0 aliphatic carbocycles. The Hall–Kier alpha value is 1.64. The molecule has 0 aromatic rings. The van der Waals surface area contributed by atoms with E-state index >= 15 is 0 Å². The fourth-order valence-corrected chi connectivity index (χ4v) is 0. The minimum atomic E-state index is -3.83. The van der Waals surface area contributed by atoms with Gasteiger partial charge in [-0.1, -0.05) is 0 Å². The second-order valence-electron chi connectivity index (χ2n) is 0.448. The summed E-state index contributed by atoms with van der Waals surface area (Å²) in [4.78, 5) is 0. The summed E-state index contributed by atoms with van der Waals surface area (Å²) in [5.41, 5.74) is 0. The first-order valence-corrected chi connectivity index (χ1v) is 3.10. The molecule has 0 aromatic heterocycles. The maximum Gasteiger partial charge on any atom is 0 e. The molecule has 0 aliphatic heterocycles. The molecule has 0 saturated carbocycles. The summed E-state index contributed by atoms with van der Waals surface area (Å²) in [6, 6.07) is 0. The van der Waals surface area contributed by atoms with Crippen molar-refractivity contribution in [2.24, 2.45) is 0 Å². The van der Waals surface area contributed by atoms with E-state index in [0.717, 1.165) is 0 Å². The van der Waals surface area contributed by atoms with E-state index in [-0.39, 0.29) is 43.1 Å². The molecule has 0 fully saturated rings. The maximum absolute atomic E-state index is 9.11. The monoisotopic (exact) mass is 170 g/mol. The molecule has 0 spiro atoms. The van der Waals surface area contributed by atoms with E-state index in [1.165, 1.54) is 0 Å². The molecule has 40 valence electrons. The van der Waals surface area contributed by atoms with E-state index in [9.17, 15) is 0 Å². The molecule has 2 N–H and O–H groups in total. The van der Waals surface area contributed by atoms with Gasteiger partial charge in [0.05, 0.1) is 0 Å². The van der Waals surface area contributed by atoms with Crippen LogP contribution in [0, 0.1) is 0 Å². The fourth-order valence-electron chi connectivity index (χ4n) is 0. The Morgan fingerprint density at radius 2 is 1.43 bits per heavy atom. The average Bonchev–Trinajstić information content (AvgIpc) is 0.722. The first-order valence-electron chi connectivity index (χ1n) is 0.698. The van der Waals surface area contributed by atoms with Crippen LogP contribution in [0.4, 0.5) is 0 Å². The number of hydrogen-bond donors (Lipinski definition) is 2. The van der Waals surface area contributed by atoms with Gasteiger partial charge in [0.25, 0.3) is 9.05 Å². The first kappa shape index (κ1) is 15.9. The van der Waals surface area contributed by atoms with E-state index in [2.05, 4.69) is 11.2 Å². The summed E-state index contributed by atoms with van der Waals surface area (Å²) < 4.78 is 24.0. The van der Waals surface area contributed by atoms with E-state index in [1.807, 2.05) is 0 Å². The smallest absolute Gasteiger partial charge is 0 e. The van der Waals surface area contributed by atoms with Gasteiger partial charge >= 0.3 is 29.6 Å². The van der Waals surface area contributed by atoms with Crippen molar-refractivity contribution < 1.29 is 13.3 Å². The van der Waals surface area contributed by atoms with Gasteiger partial charge in [0, 0.05) is 24.7 Å². The van der Waals surface area contributed by atoms with Crippen LogP contribution < -0.4 is 0 Å². The van der Waals surface area contributed by atoms with E-state index < -0.39 is 9.05 Å². The van der Waals surface area contributed by atoms with Crippen LogP contribution in [0.2, 0.25) is 0 Å². The van der Waals surface area contributed by atoms with E-state index in [4.69, 9.17) is 13.3 Å². The van der Waals surface area contributed by atoms with Gasteiger partial charge in [0.1, 0.15) is 0 Å². The van der Waals surface area contributed by atoms with Crippen LogP contribution in [0.1, 0.15) is 0 Å². The Kier molecular flexibility index (Phi) is 13.1. The molecule has 0 rings (SSSR count). The second kappa shape index (κ2) is 5.77. The van der Waals surface area contributed by atoms with Crippen LogP contribution in [-0.4, -0.2) is 42.9 Å². The normalized spacial score (nSPS) is 8.29. The molecule has 0 unspecified atom stereocenters. The zero-order valence-corrected chi connectivity index (χ0v) is 4.98. The summed E-state index contributed by atoms with van der Waals surface area (Å²) >= 11 is 3.47. The van der Waals surface area contributed by atoms with Gasteiger partial charge in [-0.3, -0.25) is 9.11 Å². The third kappa shape index (κ3) is 90.4. The van der Waals surface area contributed by atoms with Crippen molar-refractivity contribution in [2.45, 2.75) is 0 Å². The third-order valence-corrected chi connectivity index (χ3v) is 0. The van der Waals surface area contributed by atoms with Gasteiger partial charge in [-0.15, -0.1) is 0 Å². The van der Waals surface area contributed by atoms with Crippen LogP contribution in [-0.2, 0) is 20.2 Å². The molecule has 0 amide bonds. The van der Waals surface area contributed by atoms with Crippen molar-refractivity contribution in [2.75, 3.05) is 0 Å². The van der Waals surface area contributed by atoms with Crippen LogP contribution in [0.3, 0.4) is 0 Å². The van der Waals surface area contributed by atoms with Crippen molar-refractivity contribution in [3.8, 4) is 0 Å². The first-order chi connectivity index (χ1) is 2.00. The molecule has 7 heavy (non-hydrogen) atoms. The zero-order chi connectivity index (χ0) is 4.50.